The molecule has 0 aliphatic rings. The summed E-state index contributed by atoms with van der Waals surface area (Å²) in [7, 11) is 1.90. The Morgan fingerprint density at radius 3 is 3.00 bits per heavy atom. The van der Waals surface area contributed by atoms with Crippen molar-refractivity contribution in [3.63, 3.8) is 0 Å². The predicted molar refractivity (Wildman–Crippen MR) is 51.9 cm³/mol. The minimum atomic E-state index is 0.740. The highest BCUT2D eigenvalue weighted by molar-refractivity contribution is 7.71. The molecule has 0 unspecified atom stereocenters. The first-order valence-corrected chi connectivity index (χ1v) is 4.38. The van der Waals surface area contributed by atoms with Crippen molar-refractivity contribution in [3.05, 3.63) is 35.1 Å². The maximum absolute atomic E-state index is 5.07. The second kappa shape index (κ2) is 3.18. The van der Waals surface area contributed by atoms with E-state index in [0.29, 0.717) is 0 Å². The SMILES string of the molecule is Cn1cc(Cn2cc[nH]c2=S)cn1. The van der Waals surface area contributed by atoms with E-state index in [9.17, 15) is 0 Å². The average Bonchev–Trinajstić information content (AvgIpc) is 2.64. The molecular formula is C8H10N4S. The Balaban J connectivity index is 2.24. The third kappa shape index (κ3) is 1.70. The van der Waals surface area contributed by atoms with Gasteiger partial charge in [-0.1, -0.05) is 0 Å². The summed E-state index contributed by atoms with van der Waals surface area (Å²) in [6.07, 6.45) is 7.58. The number of aromatic nitrogens is 4. The van der Waals surface area contributed by atoms with Crippen LogP contribution in [0, 0.1) is 4.77 Å². The summed E-state index contributed by atoms with van der Waals surface area (Å²) in [5.41, 5.74) is 1.15. The highest BCUT2D eigenvalue weighted by atomic mass is 32.1. The Bertz CT molecular complexity index is 450. The molecule has 2 aromatic rings. The van der Waals surface area contributed by atoms with Gasteiger partial charge in [0.2, 0.25) is 0 Å². The highest BCUT2D eigenvalue weighted by Gasteiger charge is 1.97. The number of hydrogen-bond acceptors (Lipinski definition) is 2. The number of aromatic amines is 1. The van der Waals surface area contributed by atoms with Gasteiger partial charge in [0.1, 0.15) is 0 Å². The average molecular weight is 194 g/mol. The lowest BCUT2D eigenvalue weighted by Crippen LogP contribution is -1.96. The van der Waals surface area contributed by atoms with Gasteiger partial charge in [-0.25, -0.2) is 0 Å². The van der Waals surface area contributed by atoms with E-state index in [2.05, 4.69) is 10.1 Å². The van der Waals surface area contributed by atoms with E-state index < -0.39 is 0 Å². The van der Waals surface area contributed by atoms with Crippen molar-refractivity contribution in [1.29, 1.82) is 0 Å². The van der Waals surface area contributed by atoms with Crippen molar-refractivity contribution in [2.45, 2.75) is 6.54 Å². The maximum Gasteiger partial charge on any atom is 0.177 e. The minimum Gasteiger partial charge on any atom is -0.337 e. The van der Waals surface area contributed by atoms with Gasteiger partial charge in [-0.2, -0.15) is 5.10 Å². The van der Waals surface area contributed by atoms with Crippen LogP contribution in [-0.4, -0.2) is 19.3 Å². The van der Waals surface area contributed by atoms with Gasteiger partial charge >= 0.3 is 0 Å². The zero-order chi connectivity index (χ0) is 9.26. The molecule has 0 saturated heterocycles. The van der Waals surface area contributed by atoms with Gasteiger partial charge < -0.3 is 9.55 Å². The van der Waals surface area contributed by atoms with E-state index in [1.807, 2.05) is 36.4 Å². The number of H-pyrrole nitrogens is 1. The third-order valence-electron chi connectivity index (χ3n) is 1.83. The molecular weight excluding hydrogens is 184 g/mol. The summed E-state index contributed by atoms with van der Waals surface area (Å²) in [4.78, 5) is 2.95. The number of aryl methyl sites for hydroxylation is 1. The smallest absolute Gasteiger partial charge is 0.177 e. The lowest BCUT2D eigenvalue weighted by Gasteiger charge is -1.97. The van der Waals surface area contributed by atoms with Crippen molar-refractivity contribution in [3.8, 4) is 0 Å². The van der Waals surface area contributed by atoms with E-state index in [-0.39, 0.29) is 0 Å². The van der Waals surface area contributed by atoms with Gasteiger partial charge in [0, 0.05) is 31.2 Å². The van der Waals surface area contributed by atoms with E-state index in [4.69, 9.17) is 12.2 Å². The van der Waals surface area contributed by atoms with Crippen LogP contribution in [-0.2, 0) is 13.6 Å². The van der Waals surface area contributed by atoms with Crippen LogP contribution in [0.25, 0.3) is 0 Å². The van der Waals surface area contributed by atoms with Gasteiger partial charge in [0.05, 0.1) is 12.7 Å². The lowest BCUT2D eigenvalue weighted by atomic mass is 10.4. The Morgan fingerprint density at radius 2 is 2.46 bits per heavy atom. The zero-order valence-electron chi connectivity index (χ0n) is 7.27. The van der Waals surface area contributed by atoms with Gasteiger partial charge in [-0.15, -0.1) is 0 Å². The molecule has 0 aromatic carbocycles. The fourth-order valence-corrected chi connectivity index (χ4v) is 1.42. The number of imidazole rings is 1. The molecule has 4 nitrogen and oxygen atoms in total. The number of nitrogens with one attached hydrogen (secondary N) is 1. The summed E-state index contributed by atoms with van der Waals surface area (Å²) in [6.45, 7) is 0.774. The van der Waals surface area contributed by atoms with Crippen molar-refractivity contribution in [2.75, 3.05) is 0 Å². The van der Waals surface area contributed by atoms with Gasteiger partial charge in [0.15, 0.2) is 4.77 Å². The van der Waals surface area contributed by atoms with Crippen LogP contribution in [0.3, 0.4) is 0 Å². The van der Waals surface area contributed by atoms with Crippen LogP contribution in [0.1, 0.15) is 5.56 Å². The van der Waals surface area contributed by atoms with Crippen molar-refractivity contribution >= 4 is 12.2 Å². The standard InChI is InChI=1S/C8H10N4S/c1-11-5-7(4-10-11)6-12-3-2-9-8(12)13/h2-5H,6H2,1H3,(H,9,13). The number of hydrogen-bond donors (Lipinski definition) is 1. The molecule has 2 rings (SSSR count). The largest absolute Gasteiger partial charge is 0.337 e. The molecule has 13 heavy (non-hydrogen) atoms. The molecule has 0 bridgehead atoms. The molecule has 2 aromatic heterocycles. The second-order valence-electron chi connectivity index (χ2n) is 2.92. The summed E-state index contributed by atoms with van der Waals surface area (Å²) < 4.78 is 4.49. The van der Waals surface area contributed by atoms with Crippen LogP contribution >= 0.6 is 12.2 Å². The van der Waals surface area contributed by atoms with E-state index >= 15 is 0 Å². The molecule has 0 aliphatic heterocycles. The Labute approximate surface area is 80.8 Å². The fourth-order valence-electron chi connectivity index (χ4n) is 1.22. The summed E-state index contributed by atoms with van der Waals surface area (Å²) in [5, 5.41) is 4.09. The van der Waals surface area contributed by atoms with E-state index in [1.165, 1.54) is 0 Å². The second-order valence-corrected chi connectivity index (χ2v) is 3.30. The molecule has 0 amide bonds. The molecule has 1 N–H and O–H groups in total. The third-order valence-corrected chi connectivity index (χ3v) is 2.19. The lowest BCUT2D eigenvalue weighted by molar-refractivity contribution is 0.760. The number of rotatable bonds is 2. The van der Waals surface area contributed by atoms with Crippen LogP contribution in [0.2, 0.25) is 0 Å². The first-order chi connectivity index (χ1) is 6.25. The zero-order valence-corrected chi connectivity index (χ0v) is 8.08. The van der Waals surface area contributed by atoms with Crippen molar-refractivity contribution in [2.24, 2.45) is 7.05 Å². The minimum absolute atomic E-state index is 0.740. The predicted octanol–water partition coefficient (Wildman–Crippen LogP) is 1.33. The van der Waals surface area contributed by atoms with Crippen LogP contribution in [0.5, 0.6) is 0 Å². The molecule has 2 heterocycles. The quantitative estimate of drug-likeness (QED) is 0.732. The van der Waals surface area contributed by atoms with Crippen LogP contribution in [0.15, 0.2) is 24.8 Å². The Morgan fingerprint density at radius 1 is 1.62 bits per heavy atom. The monoisotopic (exact) mass is 194 g/mol. The Kier molecular flexibility index (Phi) is 2.02. The van der Waals surface area contributed by atoms with Crippen molar-refractivity contribution < 1.29 is 0 Å². The molecule has 0 radical (unpaired) electrons. The van der Waals surface area contributed by atoms with Gasteiger partial charge in [-0.3, -0.25) is 4.68 Å². The molecule has 0 aliphatic carbocycles. The molecule has 68 valence electrons. The molecule has 0 saturated carbocycles. The highest BCUT2D eigenvalue weighted by Crippen LogP contribution is 2.01. The summed E-state index contributed by atoms with van der Waals surface area (Å²) in [6, 6.07) is 0. The van der Waals surface area contributed by atoms with E-state index in [1.54, 1.807) is 4.68 Å². The molecule has 0 atom stereocenters. The van der Waals surface area contributed by atoms with Crippen molar-refractivity contribution in [1.82, 2.24) is 19.3 Å². The van der Waals surface area contributed by atoms with Gasteiger partial charge in [-0.05, 0) is 12.2 Å². The topological polar surface area (TPSA) is 38.5 Å². The van der Waals surface area contributed by atoms with Crippen LogP contribution in [0.4, 0.5) is 0 Å². The molecule has 5 heteroatoms. The number of nitrogens with zero attached hydrogens (tertiary/aromatic N) is 3. The van der Waals surface area contributed by atoms with Gasteiger partial charge in [0.25, 0.3) is 0 Å². The fraction of sp³-hybridized carbons (Fsp3) is 0.250. The summed E-state index contributed by atoms with van der Waals surface area (Å²) >= 11 is 5.07. The first kappa shape index (κ1) is 8.25. The van der Waals surface area contributed by atoms with E-state index in [0.717, 1.165) is 16.9 Å². The normalized spacial score (nSPS) is 10.5. The first-order valence-electron chi connectivity index (χ1n) is 3.97. The molecule has 0 spiro atoms. The maximum atomic E-state index is 5.07. The van der Waals surface area contributed by atoms with Crippen LogP contribution < -0.4 is 0 Å². The summed E-state index contributed by atoms with van der Waals surface area (Å²) in [5.74, 6) is 0. The Hall–Kier alpha value is -1.36. The molecule has 0 fully saturated rings.